The molecule has 78 valence electrons. The van der Waals surface area contributed by atoms with Gasteiger partial charge in [0.25, 0.3) is 0 Å². The second-order valence-electron chi connectivity index (χ2n) is 3.47. The highest BCUT2D eigenvalue weighted by Crippen LogP contribution is 2.24. The fourth-order valence-corrected chi connectivity index (χ4v) is 1.59. The van der Waals surface area contributed by atoms with Gasteiger partial charge >= 0.3 is 0 Å². The maximum absolute atomic E-state index is 10.9. The van der Waals surface area contributed by atoms with Crippen molar-refractivity contribution >= 4 is 5.91 Å². The van der Waals surface area contributed by atoms with Crippen LogP contribution in [0.4, 0.5) is 0 Å². The minimum atomic E-state index is -0.318. The molecule has 0 aromatic heterocycles. The number of carbonyl (C=O) groups is 1. The molecule has 1 rings (SSSR count). The van der Waals surface area contributed by atoms with Crippen LogP contribution in [0.2, 0.25) is 0 Å². The Morgan fingerprint density at radius 3 is 2.60 bits per heavy atom. The van der Waals surface area contributed by atoms with E-state index in [-0.39, 0.29) is 11.8 Å². The van der Waals surface area contributed by atoms with Crippen LogP contribution in [0, 0.1) is 11.3 Å². The van der Waals surface area contributed by atoms with Crippen molar-refractivity contribution in [2.45, 2.75) is 25.2 Å². The number of primary amides is 1. The first-order valence-electron chi connectivity index (χ1n) is 4.94. The highest BCUT2D eigenvalue weighted by atomic mass is 16.1. The molecule has 15 heavy (non-hydrogen) atoms. The van der Waals surface area contributed by atoms with Crippen LogP contribution in [0.5, 0.6) is 0 Å². The number of benzene rings is 1. The molecular weight excluding hydrogens is 188 g/mol. The second-order valence-corrected chi connectivity index (χ2v) is 3.47. The molecule has 0 aliphatic rings. The van der Waals surface area contributed by atoms with Crippen LogP contribution in [0.15, 0.2) is 30.3 Å². The summed E-state index contributed by atoms with van der Waals surface area (Å²) in [4.78, 5) is 10.9. The summed E-state index contributed by atoms with van der Waals surface area (Å²) in [5, 5.41) is 8.53. The van der Waals surface area contributed by atoms with E-state index in [0.29, 0.717) is 19.3 Å². The fraction of sp³-hybridized carbons (Fsp3) is 0.333. The molecule has 3 nitrogen and oxygen atoms in total. The number of nitriles is 1. The zero-order chi connectivity index (χ0) is 11.1. The Balaban J connectivity index is 2.72. The van der Waals surface area contributed by atoms with E-state index in [9.17, 15) is 4.79 Å². The summed E-state index contributed by atoms with van der Waals surface area (Å²) in [6, 6.07) is 11.8. The topological polar surface area (TPSA) is 66.9 Å². The first-order valence-corrected chi connectivity index (χ1v) is 4.94. The quantitative estimate of drug-likeness (QED) is 0.792. The minimum absolute atomic E-state index is 0.0725. The smallest absolute Gasteiger partial charge is 0.218 e. The molecule has 0 saturated heterocycles. The minimum Gasteiger partial charge on any atom is -0.370 e. The maximum atomic E-state index is 10.9. The molecule has 0 heterocycles. The van der Waals surface area contributed by atoms with E-state index >= 15 is 0 Å². The van der Waals surface area contributed by atoms with Crippen LogP contribution in [0.1, 0.15) is 30.7 Å². The SMILES string of the molecule is N#CCCC(CC(N)=O)c1ccccc1. The summed E-state index contributed by atoms with van der Waals surface area (Å²) in [5.74, 6) is -0.245. The van der Waals surface area contributed by atoms with Gasteiger partial charge in [0.05, 0.1) is 6.07 Å². The summed E-state index contributed by atoms with van der Waals surface area (Å²) in [6.45, 7) is 0. The van der Waals surface area contributed by atoms with Gasteiger partial charge in [0.1, 0.15) is 0 Å². The van der Waals surface area contributed by atoms with Crippen molar-refractivity contribution < 1.29 is 4.79 Å². The number of hydrogen-bond donors (Lipinski definition) is 1. The Morgan fingerprint density at radius 1 is 1.40 bits per heavy atom. The van der Waals surface area contributed by atoms with Gasteiger partial charge in [-0.2, -0.15) is 5.26 Å². The Hall–Kier alpha value is -1.82. The third-order valence-electron chi connectivity index (χ3n) is 2.32. The van der Waals surface area contributed by atoms with Gasteiger partial charge in [-0.3, -0.25) is 4.79 Å². The van der Waals surface area contributed by atoms with Gasteiger partial charge in [0, 0.05) is 12.8 Å². The Kier molecular flexibility index (Phi) is 4.36. The molecule has 0 aliphatic carbocycles. The summed E-state index contributed by atoms with van der Waals surface area (Å²) in [7, 11) is 0. The lowest BCUT2D eigenvalue weighted by molar-refractivity contribution is -0.118. The lowest BCUT2D eigenvalue weighted by atomic mass is 9.91. The van der Waals surface area contributed by atoms with Crippen molar-refractivity contribution in [3.63, 3.8) is 0 Å². The zero-order valence-corrected chi connectivity index (χ0v) is 8.52. The third-order valence-corrected chi connectivity index (χ3v) is 2.32. The second kappa shape index (κ2) is 5.82. The number of carbonyl (C=O) groups excluding carboxylic acids is 1. The average molecular weight is 202 g/mol. The molecule has 0 aliphatic heterocycles. The van der Waals surface area contributed by atoms with Crippen molar-refractivity contribution in [1.29, 1.82) is 5.26 Å². The summed E-state index contributed by atoms with van der Waals surface area (Å²) in [6.07, 6.45) is 1.45. The number of nitrogens with zero attached hydrogens (tertiary/aromatic N) is 1. The molecule has 3 heteroatoms. The van der Waals surface area contributed by atoms with Gasteiger partial charge in [-0.1, -0.05) is 30.3 Å². The van der Waals surface area contributed by atoms with Gasteiger partial charge in [0.15, 0.2) is 0 Å². The average Bonchev–Trinajstić information content (AvgIpc) is 2.25. The monoisotopic (exact) mass is 202 g/mol. The van der Waals surface area contributed by atoms with E-state index in [1.54, 1.807) is 0 Å². The van der Waals surface area contributed by atoms with Crippen molar-refractivity contribution in [3.05, 3.63) is 35.9 Å². The van der Waals surface area contributed by atoms with Crippen molar-refractivity contribution in [2.24, 2.45) is 5.73 Å². The summed E-state index contributed by atoms with van der Waals surface area (Å²) >= 11 is 0. The normalized spacial score (nSPS) is 11.7. The highest BCUT2D eigenvalue weighted by Gasteiger charge is 2.13. The highest BCUT2D eigenvalue weighted by molar-refractivity contribution is 5.74. The van der Waals surface area contributed by atoms with Gasteiger partial charge in [-0.15, -0.1) is 0 Å². The largest absolute Gasteiger partial charge is 0.370 e. The van der Waals surface area contributed by atoms with Crippen molar-refractivity contribution in [1.82, 2.24) is 0 Å². The van der Waals surface area contributed by atoms with Crippen LogP contribution in [-0.4, -0.2) is 5.91 Å². The van der Waals surface area contributed by atoms with Crippen LogP contribution >= 0.6 is 0 Å². The van der Waals surface area contributed by atoms with Gasteiger partial charge in [0.2, 0.25) is 5.91 Å². The van der Waals surface area contributed by atoms with E-state index in [4.69, 9.17) is 11.0 Å². The first kappa shape index (κ1) is 11.3. The van der Waals surface area contributed by atoms with Crippen LogP contribution < -0.4 is 5.73 Å². The van der Waals surface area contributed by atoms with E-state index in [2.05, 4.69) is 6.07 Å². The molecule has 1 atom stereocenters. The summed E-state index contributed by atoms with van der Waals surface area (Å²) < 4.78 is 0. The molecule has 0 fully saturated rings. The van der Waals surface area contributed by atoms with Gasteiger partial charge < -0.3 is 5.73 Å². The standard InChI is InChI=1S/C12H14N2O/c13-8-4-7-11(9-12(14)15)10-5-2-1-3-6-10/h1-3,5-6,11H,4,7,9H2,(H2,14,15). The summed E-state index contributed by atoms with van der Waals surface area (Å²) in [5.41, 5.74) is 6.26. The van der Waals surface area contributed by atoms with E-state index < -0.39 is 0 Å². The predicted molar refractivity (Wildman–Crippen MR) is 57.8 cm³/mol. The molecule has 1 unspecified atom stereocenters. The van der Waals surface area contributed by atoms with Crippen molar-refractivity contribution in [2.75, 3.05) is 0 Å². The van der Waals surface area contributed by atoms with Crippen LogP contribution in [0.3, 0.4) is 0 Å². The predicted octanol–water partition coefficient (Wildman–Crippen LogP) is 1.95. The van der Waals surface area contributed by atoms with E-state index in [1.807, 2.05) is 30.3 Å². The molecule has 0 radical (unpaired) electrons. The van der Waals surface area contributed by atoms with Crippen LogP contribution in [-0.2, 0) is 4.79 Å². The van der Waals surface area contributed by atoms with Crippen molar-refractivity contribution in [3.8, 4) is 6.07 Å². The molecular formula is C12H14N2O. The molecule has 0 bridgehead atoms. The van der Waals surface area contributed by atoms with Crippen LogP contribution in [0.25, 0.3) is 0 Å². The zero-order valence-electron chi connectivity index (χ0n) is 8.52. The third kappa shape index (κ3) is 3.82. The molecule has 0 saturated carbocycles. The fourth-order valence-electron chi connectivity index (χ4n) is 1.59. The maximum Gasteiger partial charge on any atom is 0.218 e. The number of hydrogen-bond acceptors (Lipinski definition) is 2. The van der Waals surface area contributed by atoms with E-state index in [1.165, 1.54) is 0 Å². The lowest BCUT2D eigenvalue weighted by Crippen LogP contribution is -2.15. The van der Waals surface area contributed by atoms with Gasteiger partial charge in [-0.25, -0.2) is 0 Å². The molecule has 2 N–H and O–H groups in total. The Morgan fingerprint density at radius 2 is 2.07 bits per heavy atom. The number of nitrogens with two attached hydrogens (primary N) is 1. The Bertz CT molecular complexity index is 354. The first-order chi connectivity index (χ1) is 7.24. The molecule has 1 aromatic rings. The Labute approximate surface area is 89.5 Å². The number of rotatable bonds is 5. The van der Waals surface area contributed by atoms with E-state index in [0.717, 1.165) is 5.56 Å². The van der Waals surface area contributed by atoms with Gasteiger partial charge in [-0.05, 0) is 17.9 Å². The molecule has 0 spiro atoms. The molecule has 1 amide bonds. The number of amides is 1. The lowest BCUT2D eigenvalue weighted by Gasteiger charge is -2.13. The molecule has 1 aromatic carbocycles.